The van der Waals surface area contributed by atoms with Crippen LogP contribution in [0, 0.1) is 18.9 Å². The molecule has 0 unspecified atom stereocenters. The Morgan fingerprint density at radius 2 is 1.80 bits per heavy atom. The van der Waals surface area contributed by atoms with Crippen molar-refractivity contribution < 1.29 is 0 Å². The lowest BCUT2D eigenvalue weighted by atomic mass is 10.2. The lowest BCUT2D eigenvalue weighted by Crippen LogP contribution is -1.68. The first-order valence-electron chi connectivity index (χ1n) is 2.77. The maximum Gasteiger partial charge on any atom is 0.184 e. The van der Waals surface area contributed by atoms with Crippen molar-refractivity contribution >= 4 is 5.69 Å². The van der Waals surface area contributed by atoms with Gasteiger partial charge in [0.25, 0.3) is 0 Å². The Morgan fingerprint density at radius 1 is 1.20 bits per heavy atom. The van der Waals surface area contributed by atoms with E-state index in [1.165, 1.54) is 0 Å². The number of rotatable bonds is 0. The molecule has 1 heteroatoms. The molecule has 0 radical (unpaired) electrons. The molecule has 0 aliphatic rings. The van der Waals surface area contributed by atoms with E-state index in [0.717, 1.165) is 0 Å². The van der Waals surface area contributed by atoms with Gasteiger partial charge in [0.05, 0.1) is 6.57 Å². The van der Waals surface area contributed by atoms with Crippen LogP contribution >= 0.6 is 0 Å². The number of nitrogens with zero attached hydrogens (tertiary/aromatic N) is 1. The van der Waals surface area contributed by atoms with E-state index in [-0.39, 0.29) is 0 Å². The minimum absolute atomic E-state index is 0.596. The number of hydrogen-bond donors (Lipinski definition) is 0. The molecular formula is C9H4N-. The van der Waals surface area contributed by atoms with Gasteiger partial charge in [-0.3, -0.25) is 5.92 Å². The van der Waals surface area contributed by atoms with Crippen molar-refractivity contribution in [2.24, 2.45) is 0 Å². The molecule has 1 aromatic rings. The molecule has 0 heterocycles. The molecule has 0 aromatic heterocycles. The van der Waals surface area contributed by atoms with Crippen molar-refractivity contribution in [2.45, 2.75) is 0 Å². The quantitative estimate of drug-likeness (QED) is 0.370. The summed E-state index contributed by atoms with van der Waals surface area (Å²) < 4.78 is 0. The van der Waals surface area contributed by atoms with Crippen LogP contribution in [0.25, 0.3) is 4.85 Å². The van der Waals surface area contributed by atoms with E-state index in [2.05, 4.69) is 10.8 Å². The van der Waals surface area contributed by atoms with E-state index < -0.39 is 0 Å². The SMILES string of the molecule is [C-]#Cc1ccc([N+]#[C-])cc1. The predicted octanol–water partition coefficient (Wildman–Crippen LogP) is 2.18. The molecule has 0 fully saturated rings. The van der Waals surface area contributed by atoms with Crippen LogP contribution in [0.1, 0.15) is 5.56 Å². The van der Waals surface area contributed by atoms with Crippen LogP contribution in [0.5, 0.6) is 0 Å². The Morgan fingerprint density at radius 3 is 2.20 bits per heavy atom. The highest BCUT2D eigenvalue weighted by Crippen LogP contribution is 2.11. The summed E-state index contributed by atoms with van der Waals surface area (Å²) >= 11 is 0. The monoisotopic (exact) mass is 126 g/mol. The minimum atomic E-state index is 0.596. The molecule has 0 aliphatic carbocycles. The lowest BCUT2D eigenvalue weighted by Gasteiger charge is -1.96. The molecule has 0 N–H and O–H groups in total. The van der Waals surface area contributed by atoms with Crippen molar-refractivity contribution in [1.29, 1.82) is 0 Å². The van der Waals surface area contributed by atoms with Crippen LogP contribution in [0.15, 0.2) is 24.3 Å². The molecule has 0 spiro atoms. The van der Waals surface area contributed by atoms with E-state index in [0.29, 0.717) is 11.3 Å². The first kappa shape index (κ1) is 6.39. The molecule has 1 aromatic carbocycles. The second kappa shape index (κ2) is 2.71. The maximum absolute atomic E-state index is 6.74. The van der Waals surface area contributed by atoms with Crippen molar-refractivity contribution in [3.8, 4) is 5.92 Å². The molecule has 0 bridgehead atoms. The van der Waals surface area contributed by atoms with Crippen LogP contribution < -0.4 is 0 Å². The second-order valence-corrected chi connectivity index (χ2v) is 1.78. The van der Waals surface area contributed by atoms with E-state index in [1.807, 2.05) is 0 Å². The van der Waals surface area contributed by atoms with Crippen molar-refractivity contribution in [3.63, 3.8) is 0 Å². The van der Waals surface area contributed by atoms with Gasteiger partial charge in [0.1, 0.15) is 0 Å². The topological polar surface area (TPSA) is 4.36 Å². The van der Waals surface area contributed by atoms with E-state index in [1.54, 1.807) is 24.3 Å². The second-order valence-electron chi connectivity index (χ2n) is 1.78. The Balaban J connectivity index is 3.08. The maximum atomic E-state index is 6.74. The average molecular weight is 126 g/mol. The zero-order valence-electron chi connectivity index (χ0n) is 5.26. The molecule has 1 rings (SSSR count). The fraction of sp³-hybridized carbons (Fsp3) is 0. The standard InChI is InChI=1S/C9H4N/c1-3-8-4-6-9(10-2)7-5-8/h4-7H/q-1. The highest BCUT2D eigenvalue weighted by atomic mass is 14.6. The fourth-order valence-corrected chi connectivity index (χ4v) is 0.619. The van der Waals surface area contributed by atoms with Gasteiger partial charge in [-0.05, 0) is 0 Å². The third kappa shape index (κ3) is 1.16. The summed E-state index contributed by atoms with van der Waals surface area (Å²) in [5, 5.41) is 0. The van der Waals surface area contributed by atoms with Crippen LogP contribution in [0.4, 0.5) is 5.69 Å². The first-order chi connectivity index (χ1) is 4.86. The first-order valence-corrected chi connectivity index (χ1v) is 2.77. The van der Waals surface area contributed by atoms with E-state index in [9.17, 15) is 0 Å². The van der Waals surface area contributed by atoms with Crippen LogP contribution in [-0.4, -0.2) is 0 Å². The molecule has 0 saturated carbocycles. The van der Waals surface area contributed by atoms with Crippen LogP contribution in [0.2, 0.25) is 0 Å². The highest BCUT2D eigenvalue weighted by molar-refractivity contribution is 5.47. The van der Waals surface area contributed by atoms with Gasteiger partial charge >= 0.3 is 0 Å². The largest absolute Gasteiger partial charge is 0.366 e. The molecule has 0 saturated heterocycles. The molecular weight excluding hydrogens is 122 g/mol. The normalized spacial score (nSPS) is 7.80. The van der Waals surface area contributed by atoms with Gasteiger partial charge in [-0.15, -0.1) is 17.7 Å². The zero-order chi connectivity index (χ0) is 7.40. The molecule has 1 nitrogen and oxygen atoms in total. The summed E-state index contributed by atoms with van der Waals surface area (Å²) in [5.41, 5.74) is 1.30. The van der Waals surface area contributed by atoms with Gasteiger partial charge < -0.3 is 6.42 Å². The molecule has 46 valence electrons. The smallest absolute Gasteiger partial charge is 0.184 e. The highest BCUT2D eigenvalue weighted by Gasteiger charge is 1.81. The summed E-state index contributed by atoms with van der Waals surface area (Å²) in [6, 6.07) is 6.73. The third-order valence-electron chi connectivity index (χ3n) is 1.14. The Kier molecular flexibility index (Phi) is 1.73. The zero-order valence-corrected chi connectivity index (χ0v) is 5.26. The molecule has 10 heavy (non-hydrogen) atoms. The molecule has 0 amide bonds. The molecule has 0 atom stereocenters. The molecule has 0 aliphatic heterocycles. The Bertz CT molecular complexity index is 262. The van der Waals surface area contributed by atoms with Gasteiger partial charge in [0, 0.05) is 0 Å². The number of hydrogen-bond acceptors (Lipinski definition) is 0. The van der Waals surface area contributed by atoms with Crippen molar-refractivity contribution in [2.75, 3.05) is 0 Å². The van der Waals surface area contributed by atoms with Gasteiger partial charge in [0.2, 0.25) is 0 Å². The van der Waals surface area contributed by atoms with Gasteiger partial charge in [-0.2, -0.15) is 0 Å². The minimum Gasteiger partial charge on any atom is -0.366 e. The summed E-state index contributed by atoms with van der Waals surface area (Å²) in [6.07, 6.45) is 6.74. The Labute approximate surface area is 60.1 Å². The lowest BCUT2D eigenvalue weighted by molar-refractivity contribution is 1.66. The summed E-state index contributed by atoms with van der Waals surface area (Å²) in [6.45, 7) is 6.63. The van der Waals surface area contributed by atoms with Crippen LogP contribution in [0.3, 0.4) is 0 Å². The fourth-order valence-electron chi connectivity index (χ4n) is 0.619. The summed E-state index contributed by atoms with van der Waals surface area (Å²) in [5.74, 6) is 2.23. The van der Waals surface area contributed by atoms with Gasteiger partial charge in [-0.1, -0.05) is 12.1 Å². The summed E-state index contributed by atoms with van der Waals surface area (Å²) in [7, 11) is 0. The van der Waals surface area contributed by atoms with Gasteiger partial charge in [-0.25, -0.2) is 4.85 Å². The third-order valence-corrected chi connectivity index (χ3v) is 1.14. The summed E-state index contributed by atoms with van der Waals surface area (Å²) in [4.78, 5) is 3.21. The number of benzene rings is 1. The van der Waals surface area contributed by atoms with Crippen LogP contribution in [-0.2, 0) is 0 Å². The average Bonchev–Trinajstić information content (AvgIpc) is 2.05. The predicted molar refractivity (Wildman–Crippen MR) is 38.9 cm³/mol. The van der Waals surface area contributed by atoms with E-state index in [4.69, 9.17) is 13.0 Å². The van der Waals surface area contributed by atoms with E-state index >= 15 is 0 Å². The Hall–Kier alpha value is -1.73. The van der Waals surface area contributed by atoms with Gasteiger partial charge in [0.15, 0.2) is 5.69 Å². The van der Waals surface area contributed by atoms with Crippen molar-refractivity contribution in [3.05, 3.63) is 47.7 Å². The van der Waals surface area contributed by atoms with Crippen molar-refractivity contribution in [1.82, 2.24) is 0 Å².